The van der Waals surface area contributed by atoms with Gasteiger partial charge in [0.1, 0.15) is 5.01 Å². The van der Waals surface area contributed by atoms with E-state index in [1.807, 2.05) is 12.3 Å². The van der Waals surface area contributed by atoms with Crippen molar-refractivity contribution in [2.24, 2.45) is 0 Å². The predicted molar refractivity (Wildman–Crippen MR) is 79.3 cm³/mol. The minimum absolute atomic E-state index is 0.00231. The van der Waals surface area contributed by atoms with Gasteiger partial charge in [0.05, 0.1) is 11.7 Å². The minimum atomic E-state index is -3.70. The van der Waals surface area contributed by atoms with Gasteiger partial charge in [0.15, 0.2) is 5.03 Å². The van der Waals surface area contributed by atoms with Crippen molar-refractivity contribution in [2.75, 3.05) is 12.4 Å². The molecule has 0 amide bonds. The summed E-state index contributed by atoms with van der Waals surface area (Å²) in [6.45, 7) is 1.91. The molecule has 0 aliphatic carbocycles. The summed E-state index contributed by atoms with van der Waals surface area (Å²) < 4.78 is 27.5. The lowest BCUT2D eigenvalue weighted by atomic mass is 10.3. The van der Waals surface area contributed by atoms with Gasteiger partial charge in [-0.2, -0.15) is 4.72 Å². The Kier molecular flexibility index (Phi) is 4.69. The van der Waals surface area contributed by atoms with E-state index in [0.29, 0.717) is 12.1 Å². The Labute approximate surface area is 122 Å². The summed E-state index contributed by atoms with van der Waals surface area (Å²) in [6, 6.07) is 3.02. The molecular weight excluding hydrogens is 296 g/mol. The molecule has 8 heteroatoms. The highest BCUT2D eigenvalue weighted by atomic mass is 32.2. The Balaban J connectivity index is 2.31. The van der Waals surface area contributed by atoms with Crippen molar-refractivity contribution in [3.05, 3.63) is 34.9 Å². The average Bonchev–Trinajstić information content (AvgIpc) is 2.98. The summed E-state index contributed by atoms with van der Waals surface area (Å²) in [7, 11) is -2.04. The van der Waals surface area contributed by atoms with Gasteiger partial charge in [0.2, 0.25) is 0 Å². The van der Waals surface area contributed by atoms with Crippen LogP contribution < -0.4 is 10.0 Å². The van der Waals surface area contributed by atoms with Gasteiger partial charge in [0.25, 0.3) is 10.0 Å². The lowest BCUT2D eigenvalue weighted by molar-refractivity contribution is 0.546. The van der Waals surface area contributed by atoms with Crippen molar-refractivity contribution < 1.29 is 8.42 Å². The molecule has 6 nitrogen and oxygen atoms in total. The van der Waals surface area contributed by atoms with E-state index in [4.69, 9.17) is 0 Å². The molecule has 2 N–H and O–H groups in total. The van der Waals surface area contributed by atoms with Crippen LogP contribution in [0.1, 0.15) is 24.4 Å². The van der Waals surface area contributed by atoms with E-state index in [0.717, 1.165) is 5.01 Å². The van der Waals surface area contributed by atoms with Crippen molar-refractivity contribution >= 4 is 27.0 Å². The van der Waals surface area contributed by atoms with Crippen LogP contribution in [0, 0.1) is 0 Å². The Morgan fingerprint density at radius 1 is 1.35 bits per heavy atom. The van der Waals surface area contributed by atoms with Crippen molar-refractivity contribution in [1.82, 2.24) is 14.7 Å². The highest BCUT2D eigenvalue weighted by Gasteiger charge is 2.25. The molecule has 2 heterocycles. The molecule has 0 aliphatic rings. The molecular formula is C12H16N4O2S2. The fourth-order valence-electron chi connectivity index (χ4n) is 1.75. The summed E-state index contributed by atoms with van der Waals surface area (Å²) in [4.78, 5) is 8.12. The molecule has 0 aromatic carbocycles. The highest BCUT2D eigenvalue weighted by Crippen LogP contribution is 2.23. The molecule has 20 heavy (non-hydrogen) atoms. The standard InChI is InChI=1S/C12H16N4O2S2/c1-3-9(11-14-7-8-19-11)16-20(17,18)12-10(13-2)5-4-6-15-12/h4-9,13,16H,3H2,1-2H3. The largest absolute Gasteiger partial charge is 0.386 e. The highest BCUT2D eigenvalue weighted by molar-refractivity contribution is 7.89. The van der Waals surface area contributed by atoms with Crippen molar-refractivity contribution in [3.63, 3.8) is 0 Å². The summed E-state index contributed by atoms with van der Waals surface area (Å²) in [5.41, 5.74) is 0.467. The summed E-state index contributed by atoms with van der Waals surface area (Å²) >= 11 is 1.43. The van der Waals surface area contributed by atoms with E-state index in [1.54, 1.807) is 25.4 Å². The molecule has 1 atom stereocenters. The lowest BCUT2D eigenvalue weighted by Gasteiger charge is -2.15. The first-order chi connectivity index (χ1) is 9.58. The SMILES string of the molecule is CCC(NS(=O)(=O)c1ncccc1NC)c1nccs1. The molecule has 2 aromatic rings. The van der Waals surface area contributed by atoms with Crippen molar-refractivity contribution in [1.29, 1.82) is 0 Å². The van der Waals surface area contributed by atoms with Gasteiger partial charge >= 0.3 is 0 Å². The van der Waals surface area contributed by atoms with E-state index in [-0.39, 0.29) is 11.1 Å². The van der Waals surface area contributed by atoms with Crippen LogP contribution in [0.3, 0.4) is 0 Å². The van der Waals surface area contributed by atoms with Gasteiger partial charge in [-0.3, -0.25) is 0 Å². The maximum Gasteiger partial charge on any atom is 0.260 e. The Hall–Kier alpha value is -1.51. The first-order valence-electron chi connectivity index (χ1n) is 6.13. The van der Waals surface area contributed by atoms with Gasteiger partial charge < -0.3 is 5.32 Å². The molecule has 0 bridgehead atoms. The number of pyridine rings is 1. The second-order valence-corrected chi connectivity index (χ2v) is 6.61. The Bertz CT molecular complexity index is 656. The number of nitrogens with zero attached hydrogens (tertiary/aromatic N) is 2. The van der Waals surface area contributed by atoms with Crippen LogP contribution in [0.15, 0.2) is 34.9 Å². The predicted octanol–water partition coefficient (Wildman–Crippen LogP) is 2.01. The van der Waals surface area contributed by atoms with Gasteiger partial charge in [-0.25, -0.2) is 18.4 Å². The Morgan fingerprint density at radius 3 is 2.75 bits per heavy atom. The number of thiazole rings is 1. The average molecular weight is 312 g/mol. The third-order valence-electron chi connectivity index (χ3n) is 2.75. The molecule has 0 saturated carbocycles. The van der Waals surface area contributed by atoms with E-state index < -0.39 is 10.0 Å². The fourth-order valence-corrected chi connectivity index (χ4v) is 4.02. The van der Waals surface area contributed by atoms with Gasteiger partial charge in [-0.05, 0) is 18.6 Å². The summed E-state index contributed by atoms with van der Waals surface area (Å²) in [6.07, 6.45) is 3.74. The molecule has 0 saturated heterocycles. The topological polar surface area (TPSA) is 84.0 Å². The molecule has 0 aliphatic heterocycles. The fraction of sp³-hybridized carbons (Fsp3) is 0.333. The quantitative estimate of drug-likeness (QED) is 0.852. The van der Waals surface area contributed by atoms with Crippen LogP contribution >= 0.6 is 11.3 Å². The minimum Gasteiger partial charge on any atom is -0.386 e. The third-order valence-corrected chi connectivity index (χ3v) is 5.07. The van der Waals surface area contributed by atoms with E-state index >= 15 is 0 Å². The number of rotatable bonds is 6. The normalized spacial score (nSPS) is 13.1. The van der Waals surface area contributed by atoms with Crippen LogP contribution in [0.4, 0.5) is 5.69 Å². The van der Waals surface area contributed by atoms with Crippen LogP contribution in [0.25, 0.3) is 0 Å². The zero-order chi connectivity index (χ0) is 14.6. The van der Waals surface area contributed by atoms with Crippen molar-refractivity contribution in [2.45, 2.75) is 24.4 Å². The number of nitrogens with one attached hydrogen (secondary N) is 2. The van der Waals surface area contributed by atoms with E-state index in [9.17, 15) is 8.42 Å². The number of sulfonamides is 1. The zero-order valence-electron chi connectivity index (χ0n) is 11.2. The second-order valence-electron chi connectivity index (χ2n) is 4.06. The van der Waals surface area contributed by atoms with E-state index in [1.165, 1.54) is 17.5 Å². The smallest absolute Gasteiger partial charge is 0.260 e. The number of aromatic nitrogens is 2. The van der Waals surface area contributed by atoms with Gasteiger partial charge in [0, 0.05) is 24.8 Å². The summed E-state index contributed by atoms with van der Waals surface area (Å²) in [5.74, 6) is 0. The van der Waals surface area contributed by atoms with Crippen LogP contribution in [0.2, 0.25) is 0 Å². The molecule has 2 aromatic heterocycles. The van der Waals surface area contributed by atoms with Crippen LogP contribution in [-0.2, 0) is 10.0 Å². The molecule has 0 fully saturated rings. The summed E-state index contributed by atoms with van der Waals surface area (Å²) in [5, 5.41) is 5.40. The maximum absolute atomic E-state index is 12.4. The lowest BCUT2D eigenvalue weighted by Crippen LogP contribution is -2.29. The van der Waals surface area contributed by atoms with Crippen LogP contribution in [-0.4, -0.2) is 25.4 Å². The number of hydrogen-bond donors (Lipinski definition) is 2. The van der Waals surface area contributed by atoms with Crippen molar-refractivity contribution in [3.8, 4) is 0 Å². The molecule has 108 valence electrons. The third kappa shape index (κ3) is 3.14. The molecule has 0 spiro atoms. The van der Waals surface area contributed by atoms with Gasteiger partial charge in [-0.15, -0.1) is 11.3 Å². The number of anilines is 1. The monoisotopic (exact) mass is 312 g/mol. The molecule has 2 rings (SSSR count). The Morgan fingerprint density at radius 2 is 2.15 bits per heavy atom. The maximum atomic E-state index is 12.4. The van der Waals surface area contributed by atoms with E-state index in [2.05, 4.69) is 20.0 Å². The first-order valence-corrected chi connectivity index (χ1v) is 8.49. The molecule has 1 unspecified atom stereocenters. The zero-order valence-corrected chi connectivity index (χ0v) is 12.8. The molecule has 0 radical (unpaired) electrons. The number of hydrogen-bond acceptors (Lipinski definition) is 6. The second kappa shape index (κ2) is 6.29. The van der Waals surface area contributed by atoms with Gasteiger partial charge in [-0.1, -0.05) is 6.92 Å². The van der Waals surface area contributed by atoms with Crippen LogP contribution in [0.5, 0.6) is 0 Å². The first kappa shape index (κ1) is 14.9.